The number of halogens is 7. The van der Waals surface area contributed by atoms with Crippen LogP contribution < -0.4 is 20.9 Å². The van der Waals surface area contributed by atoms with Crippen molar-refractivity contribution in [1.29, 1.82) is 0 Å². The maximum atomic E-state index is 13.8. The Hall–Kier alpha value is -3.37. The average Bonchev–Trinajstić information content (AvgIpc) is 3.32. The van der Waals surface area contributed by atoms with Gasteiger partial charge in [0.05, 0.1) is 15.8 Å². The van der Waals surface area contributed by atoms with Crippen molar-refractivity contribution in [2.24, 2.45) is 0 Å². The Balaban J connectivity index is 1.83. The third-order valence-electron chi connectivity index (χ3n) is 5.29. The molecule has 1 aliphatic rings. The van der Waals surface area contributed by atoms with Crippen molar-refractivity contribution in [3.8, 4) is 0 Å². The van der Waals surface area contributed by atoms with Crippen LogP contribution in [0.15, 0.2) is 30.3 Å². The van der Waals surface area contributed by atoms with Gasteiger partial charge in [0.2, 0.25) is 5.91 Å². The second-order valence-corrected chi connectivity index (χ2v) is 9.64. The molecule has 1 aliphatic heterocycles. The number of benzene rings is 1. The van der Waals surface area contributed by atoms with E-state index in [0.29, 0.717) is 0 Å². The molecule has 1 atom stereocenters. The molecule has 2 aromatic rings. The van der Waals surface area contributed by atoms with Crippen LogP contribution in [0.25, 0.3) is 0 Å². The number of thiophene rings is 1. The van der Waals surface area contributed by atoms with E-state index in [4.69, 9.17) is 16.3 Å². The van der Waals surface area contributed by atoms with E-state index in [1.54, 1.807) is 0 Å². The molecule has 0 bridgehead atoms. The number of morpholine rings is 1. The zero-order valence-electron chi connectivity index (χ0n) is 19.5. The summed E-state index contributed by atoms with van der Waals surface area (Å²) in [6.45, 7) is -0.913. The van der Waals surface area contributed by atoms with Gasteiger partial charge in [0.15, 0.2) is 0 Å². The summed E-state index contributed by atoms with van der Waals surface area (Å²) >= 11 is 6.57. The molecule has 4 amide bonds. The van der Waals surface area contributed by atoms with Gasteiger partial charge in [0.25, 0.3) is 24.1 Å². The topological polar surface area (TPSA) is 117 Å². The third-order valence-corrected chi connectivity index (χ3v) is 6.52. The Morgan fingerprint density at radius 1 is 1.13 bits per heavy atom. The van der Waals surface area contributed by atoms with Crippen LogP contribution in [-0.2, 0) is 19.1 Å². The molecule has 1 saturated heterocycles. The van der Waals surface area contributed by atoms with Crippen molar-refractivity contribution in [2.45, 2.75) is 24.8 Å². The van der Waals surface area contributed by atoms with Crippen LogP contribution >= 0.6 is 22.9 Å². The van der Waals surface area contributed by atoms with Crippen LogP contribution in [0.4, 0.5) is 37.7 Å². The van der Waals surface area contributed by atoms with Crippen molar-refractivity contribution < 1.29 is 50.3 Å². The first-order valence-electron chi connectivity index (χ1n) is 10.9. The molecule has 1 aromatic heterocycles. The lowest BCUT2D eigenvalue weighted by Gasteiger charge is -2.28. The summed E-state index contributed by atoms with van der Waals surface area (Å²) in [6.07, 6.45) is -7.60. The van der Waals surface area contributed by atoms with Gasteiger partial charge in [-0.3, -0.25) is 19.2 Å². The lowest BCUT2D eigenvalue weighted by molar-refractivity contribution is -0.170. The van der Waals surface area contributed by atoms with Crippen molar-refractivity contribution in [1.82, 2.24) is 10.6 Å². The number of anilines is 2. The number of carbonyl (C=O) groups is 4. The van der Waals surface area contributed by atoms with Gasteiger partial charge < -0.3 is 25.6 Å². The van der Waals surface area contributed by atoms with Crippen LogP contribution in [-0.4, -0.2) is 68.3 Å². The van der Waals surface area contributed by atoms with Gasteiger partial charge in [-0.05, 0) is 30.3 Å². The summed E-state index contributed by atoms with van der Waals surface area (Å²) in [5, 5.41) is 5.60. The number of alkyl halides is 6. The molecule has 3 N–H and O–H groups in total. The normalized spacial score (nSPS) is 14.9. The largest absolute Gasteiger partial charge is 0.383 e. The molecule has 17 heteroatoms. The minimum atomic E-state index is -5.19. The number of nitrogens with one attached hydrogen (secondary N) is 3. The Morgan fingerprint density at radius 3 is 2.44 bits per heavy atom. The monoisotopic (exact) mass is 600 g/mol. The number of rotatable bonds is 10. The maximum Gasteiger partial charge on any atom is 0.383 e. The Labute approximate surface area is 225 Å². The fraction of sp³-hybridized carbons (Fsp3) is 0.364. The highest BCUT2D eigenvalue weighted by Crippen LogP contribution is 2.32. The molecular weight excluding hydrogens is 582 g/mol. The lowest BCUT2D eigenvalue weighted by Crippen LogP contribution is -2.56. The predicted molar refractivity (Wildman–Crippen MR) is 128 cm³/mol. The van der Waals surface area contributed by atoms with Crippen LogP contribution in [0.2, 0.25) is 4.34 Å². The molecular formula is C22H19ClF6N4O5S. The van der Waals surface area contributed by atoms with E-state index in [2.05, 4.69) is 5.32 Å². The summed E-state index contributed by atoms with van der Waals surface area (Å²) in [4.78, 5) is 50.2. The van der Waals surface area contributed by atoms with E-state index in [0.717, 1.165) is 23.5 Å². The molecule has 1 fully saturated rings. The maximum absolute atomic E-state index is 13.8. The molecule has 3 rings (SSSR count). The smallest absolute Gasteiger partial charge is 0.370 e. The lowest BCUT2D eigenvalue weighted by atomic mass is 10.1. The predicted octanol–water partition coefficient (Wildman–Crippen LogP) is 3.46. The molecule has 39 heavy (non-hydrogen) atoms. The first kappa shape index (κ1) is 30.2. The molecule has 1 aromatic carbocycles. The fourth-order valence-electron chi connectivity index (χ4n) is 3.30. The third kappa shape index (κ3) is 7.39. The zero-order valence-corrected chi connectivity index (χ0v) is 21.1. The van der Waals surface area contributed by atoms with Crippen molar-refractivity contribution >= 4 is 57.9 Å². The van der Waals surface area contributed by atoms with Gasteiger partial charge in [-0.2, -0.15) is 8.78 Å². The fourth-order valence-corrected chi connectivity index (χ4v) is 4.26. The second kappa shape index (κ2) is 12.7. The van der Waals surface area contributed by atoms with E-state index in [-0.39, 0.29) is 34.7 Å². The second-order valence-electron chi connectivity index (χ2n) is 7.92. The minimum absolute atomic E-state index is 0.0385. The summed E-state index contributed by atoms with van der Waals surface area (Å²) in [5.74, 6) is -10.4. The molecule has 9 nitrogen and oxygen atoms in total. The van der Waals surface area contributed by atoms with Gasteiger partial charge in [0.1, 0.15) is 12.6 Å². The number of carbonyl (C=O) groups excluding carboxylic acids is 4. The van der Waals surface area contributed by atoms with E-state index in [1.807, 2.05) is 5.32 Å². The van der Waals surface area contributed by atoms with E-state index in [1.165, 1.54) is 28.4 Å². The summed E-state index contributed by atoms with van der Waals surface area (Å²) < 4.78 is 85.2. The van der Waals surface area contributed by atoms with E-state index in [9.17, 15) is 45.5 Å². The highest BCUT2D eigenvalue weighted by atomic mass is 35.5. The van der Waals surface area contributed by atoms with Gasteiger partial charge in [-0.25, -0.2) is 17.6 Å². The first-order chi connectivity index (χ1) is 18.3. The van der Waals surface area contributed by atoms with Crippen LogP contribution in [0.3, 0.4) is 0 Å². The SMILES string of the molecule is O=C(NC[C@@H](NC(=O)C(F)(F)C(F)F)C(=O)Nc1ccc(N2CCOCC2=O)cc1C(F)F)c1ccc(Cl)s1. The number of hydrogen-bond donors (Lipinski definition) is 3. The average molecular weight is 601 g/mol. The molecule has 0 aliphatic carbocycles. The van der Waals surface area contributed by atoms with Gasteiger partial charge >= 0.3 is 12.3 Å². The summed E-state index contributed by atoms with van der Waals surface area (Å²) in [7, 11) is 0. The molecule has 0 radical (unpaired) electrons. The zero-order chi connectivity index (χ0) is 28.9. The Morgan fingerprint density at radius 2 is 1.85 bits per heavy atom. The van der Waals surface area contributed by atoms with Crippen LogP contribution in [0.1, 0.15) is 21.7 Å². The minimum Gasteiger partial charge on any atom is -0.370 e. The van der Waals surface area contributed by atoms with Crippen molar-refractivity contribution in [3.05, 3.63) is 45.1 Å². The first-order valence-corrected chi connectivity index (χ1v) is 12.1. The highest BCUT2D eigenvalue weighted by Gasteiger charge is 2.50. The van der Waals surface area contributed by atoms with Gasteiger partial charge in [0, 0.05) is 30.0 Å². The highest BCUT2D eigenvalue weighted by molar-refractivity contribution is 7.18. The molecule has 0 saturated carbocycles. The van der Waals surface area contributed by atoms with Crippen LogP contribution in [0.5, 0.6) is 0 Å². The number of nitrogens with zero attached hydrogens (tertiary/aromatic N) is 1. The van der Waals surface area contributed by atoms with E-state index < -0.39 is 66.2 Å². The number of ether oxygens (including phenoxy) is 1. The van der Waals surface area contributed by atoms with Crippen LogP contribution in [0, 0.1) is 0 Å². The quantitative estimate of drug-likeness (QED) is 0.361. The van der Waals surface area contributed by atoms with Gasteiger partial charge in [-0.15, -0.1) is 11.3 Å². The molecule has 2 heterocycles. The number of amides is 4. The van der Waals surface area contributed by atoms with Crippen molar-refractivity contribution in [3.63, 3.8) is 0 Å². The van der Waals surface area contributed by atoms with E-state index >= 15 is 0 Å². The molecule has 0 spiro atoms. The summed E-state index contributed by atoms with van der Waals surface area (Å²) in [5.41, 5.74) is -1.21. The standard InChI is InChI=1S/C22H19ClF6N4O5S/c23-15-4-3-14(39-15)19(36)30-8-13(32-21(37)22(28,29)20(26)27)18(35)31-12-2-1-10(7-11(12)17(24)25)33-5-6-38-9-16(33)34/h1-4,7,13,17,20H,5-6,8-9H2,(H,30,36)(H,31,35)(H,32,37)/t13-/m1/s1. The van der Waals surface area contributed by atoms with Crippen molar-refractivity contribution in [2.75, 3.05) is 36.5 Å². The van der Waals surface area contributed by atoms with Gasteiger partial charge in [-0.1, -0.05) is 11.6 Å². The Kier molecular flexibility index (Phi) is 9.79. The number of hydrogen-bond acceptors (Lipinski definition) is 6. The molecule has 0 unspecified atom stereocenters. The Bertz CT molecular complexity index is 1250. The molecule has 212 valence electrons. The summed E-state index contributed by atoms with van der Waals surface area (Å²) in [6, 6.07) is 3.74.